The average molecular weight is 403 g/mol. The molecule has 2 heteroatoms. The van der Waals surface area contributed by atoms with E-state index >= 15 is 0 Å². The van der Waals surface area contributed by atoms with E-state index in [0.29, 0.717) is 10.8 Å². The van der Waals surface area contributed by atoms with Crippen molar-refractivity contribution in [1.29, 1.82) is 0 Å². The molecule has 0 spiro atoms. The third-order valence-corrected chi connectivity index (χ3v) is 10.3. The van der Waals surface area contributed by atoms with Crippen LogP contribution >= 0.6 is 0 Å². The van der Waals surface area contributed by atoms with Gasteiger partial charge in [-0.2, -0.15) is 0 Å². The fourth-order valence-corrected chi connectivity index (χ4v) is 8.67. The van der Waals surface area contributed by atoms with Crippen molar-refractivity contribution < 1.29 is 10.2 Å². The third-order valence-electron chi connectivity index (χ3n) is 10.3. The van der Waals surface area contributed by atoms with E-state index in [4.69, 9.17) is 0 Å². The Morgan fingerprint density at radius 2 is 1.86 bits per heavy atom. The molecule has 0 aromatic heterocycles. The number of aliphatic hydroxyl groups excluding tert-OH is 1. The van der Waals surface area contributed by atoms with E-state index in [9.17, 15) is 10.2 Å². The Balaban J connectivity index is 1.47. The first-order valence-corrected chi connectivity index (χ1v) is 12.6. The number of hydrogen-bond donors (Lipinski definition) is 2. The smallest absolute Gasteiger partial charge is 0.0591 e. The maximum Gasteiger partial charge on any atom is 0.0591 e. The van der Waals surface area contributed by atoms with Crippen LogP contribution in [0, 0.1) is 40.4 Å². The highest BCUT2D eigenvalue weighted by Gasteiger charge is 2.59. The standard InChI is InChI=1S/C27H46O2/c1-18(7-6-14-25(2,3)29)22-10-11-23-21-9-8-19-17-20(28)12-15-26(19,4)24(21)13-16-27(22,23)5/h8,18,20-24,28-29H,6-7,9-17H2,1-5H3/t18?,20-,21-,22+,23-,24-,26-,27+/m0/s1. The molecule has 8 atom stereocenters. The monoisotopic (exact) mass is 402 g/mol. The maximum atomic E-state index is 10.2. The average Bonchev–Trinajstić information content (AvgIpc) is 2.98. The second-order valence-corrected chi connectivity index (χ2v) is 12.6. The summed E-state index contributed by atoms with van der Waals surface area (Å²) >= 11 is 0. The minimum absolute atomic E-state index is 0.0969. The molecular formula is C27H46O2. The lowest BCUT2D eigenvalue weighted by atomic mass is 9.47. The van der Waals surface area contributed by atoms with Gasteiger partial charge in [-0.15, -0.1) is 0 Å². The fraction of sp³-hybridized carbons (Fsp3) is 0.926. The Morgan fingerprint density at radius 1 is 1.10 bits per heavy atom. The van der Waals surface area contributed by atoms with Crippen molar-refractivity contribution in [2.24, 2.45) is 40.4 Å². The first-order valence-electron chi connectivity index (χ1n) is 12.6. The lowest BCUT2D eigenvalue weighted by molar-refractivity contribution is -0.0575. The van der Waals surface area contributed by atoms with E-state index in [1.807, 2.05) is 13.8 Å². The molecule has 3 fully saturated rings. The molecule has 29 heavy (non-hydrogen) atoms. The van der Waals surface area contributed by atoms with Crippen molar-refractivity contribution in [2.75, 3.05) is 0 Å². The van der Waals surface area contributed by atoms with Crippen molar-refractivity contribution in [1.82, 2.24) is 0 Å². The molecule has 1 unspecified atom stereocenters. The lowest BCUT2D eigenvalue weighted by Crippen LogP contribution is -2.50. The highest BCUT2D eigenvalue weighted by Crippen LogP contribution is 2.67. The van der Waals surface area contributed by atoms with Crippen molar-refractivity contribution >= 4 is 0 Å². The predicted molar refractivity (Wildman–Crippen MR) is 121 cm³/mol. The van der Waals surface area contributed by atoms with E-state index in [-0.39, 0.29) is 6.10 Å². The van der Waals surface area contributed by atoms with Crippen molar-refractivity contribution in [3.8, 4) is 0 Å². The van der Waals surface area contributed by atoms with Crippen LogP contribution in [0.3, 0.4) is 0 Å². The molecule has 166 valence electrons. The number of aliphatic hydroxyl groups is 2. The van der Waals surface area contributed by atoms with Gasteiger partial charge in [0.2, 0.25) is 0 Å². The summed E-state index contributed by atoms with van der Waals surface area (Å²) in [6, 6.07) is 0. The Morgan fingerprint density at radius 3 is 2.59 bits per heavy atom. The summed E-state index contributed by atoms with van der Waals surface area (Å²) < 4.78 is 0. The summed E-state index contributed by atoms with van der Waals surface area (Å²) in [7, 11) is 0. The molecule has 0 aliphatic heterocycles. The van der Waals surface area contributed by atoms with Gasteiger partial charge in [0, 0.05) is 0 Å². The van der Waals surface area contributed by atoms with Crippen LogP contribution in [0.2, 0.25) is 0 Å². The lowest BCUT2D eigenvalue weighted by Gasteiger charge is -2.58. The van der Waals surface area contributed by atoms with Gasteiger partial charge in [-0.3, -0.25) is 0 Å². The maximum absolute atomic E-state index is 10.2. The van der Waals surface area contributed by atoms with Crippen LogP contribution in [0.4, 0.5) is 0 Å². The van der Waals surface area contributed by atoms with Crippen LogP contribution < -0.4 is 0 Å². The Bertz CT molecular complexity index is 631. The second kappa shape index (κ2) is 7.66. The molecule has 4 aliphatic carbocycles. The van der Waals surface area contributed by atoms with E-state index < -0.39 is 5.60 Å². The molecule has 4 rings (SSSR count). The first kappa shape index (κ1) is 21.9. The molecule has 2 nitrogen and oxygen atoms in total. The first-order chi connectivity index (χ1) is 13.5. The summed E-state index contributed by atoms with van der Waals surface area (Å²) in [4.78, 5) is 0. The Labute approximate surface area is 179 Å². The number of hydrogen-bond acceptors (Lipinski definition) is 2. The van der Waals surface area contributed by atoms with Crippen LogP contribution in [-0.4, -0.2) is 21.9 Å². The van der Waals surface area contributed by atoms with Crippen LogP contribution in [0.15, 0.2) is 11.6 Å². The Hall–Kier alpha value is -0.340. The van der Waals surface area contributed by atoms with Crippen LogP contribution in [0.5, 0.6) is 0 Å². The fourth-order valence-electron chi connectivity index (χ4n) is 8.67. The highest BCUT2D eigenvalue weighted by molar-refractivity contribution is 5.25. The molecule has 3 saturated carbocycles. The minimum Gasteiger partial charge on any atom is -0.393 e. The predicted octanol–water partition coefficient (Wildman–Crippen LogP) is 6.50. The quantitative estimate of drug-likeness (QED) is 0.515. The molecule has 0 saturated heterocycles. The van der Waals surface area contributed by atoms with E-state index in [2.05, 4.69) is 26.8 Å². The zero-order valence-electron chi connectivity index (χ0n) is 19.7. The molecule has 4 aliphatic rings. The molecule has 0 bridgehead atoms. The Kier molecular flexibility index (Phi) is 5.78. The highest BCUT2D eigenvalue weighted by atomic mass is 16.3. The summed E-state index contributed by atoms with van der Waals surface area (Å²) in [6.07, 6.45) is 15.9. The zero-order chi connectivity index (χ0) is 21.0. The van der Waals surface area contributed by atoms with Gasteiger partial charge in [0.15, 0.2) is 0 Å². The molecule has 0 aromatic rings. The SMILES string of the molecule is CC(CCCC(C)(C)O)[C@H]1CC[C@H]2[C@@H]3CC=C4C[C@@H](O)CC[C@]4(C)[C@H]3CC[C@]12C. The number of allylic oxidation sites excluding steroid dienone is 1. The minimum atomic E-state index is -0.519. The van der Waals surface area contributed by atoms with Crippen LogP contribution in [-0.2, 0) is 0 Å². The van der Waals surface area contributed by atoms with Crippen LogP contribution in [0.1, 0.15) is 105 Å². The molecule has 2 N–H and O–H groups in total. The van der Waals surface area contributed by atoms with Crippen molar-refractivity contribution in [3.05, 3.63) is 11.6 Å². The van der Waals surface area contributed by atoms with Gasteiger partial charge in [-0.1, -0.05) is 45.3 Å². The van der Waals surface area contributed by atoms with Gasteiger partial charge in [0.1, 0.15) is 0 Å². The van der Waals surface area contributed by atoms with Gasteiger partial charge < -0.3 is 10.2 Å². The van der Waals surface area contributed by atoms with E-state index in [0.717, 1.165) is 55.3 Å². The van der Waals surface area contributed by atoms with Crippen LogP contribution in [0.25, 0.3) is 0 Å². The molecule has 0 aromatic carbocycles. The van der Waals surface area contributed by atoms with Gasteiger partial charge in [-0.05, 0) is 112 Å². The molecule has 0 heterocycles. The normalized spacial score (nSPS) is 45.8. The molecular weight excluding hydrogens is 356 g/mol. The number of fused-ring (bicyclic) bond motifs is 5. The van der Waals surface area contributed by atoms with Gasteiger partial charge in [-0.25, -0.2) is 0 Å². The second-order valence-electron chi connectivity index (χ2n) is 12.6. The van der Waals surface area contributed by atoms with Gasteiger partial charge >= 0.3 is 0 Å². The summed E-state index contributed by atoms with van der Waals surface area (Å²) in [5, 5.41) is 20.3. The summed E-state index contributed by atoms with van der Waals surface area (Å²) in [6.45, 7) is 11.6. The summed E-state index contributed by atoms with van der Waals surface area (Å²) in [5.74, 6) is 4.24. The zero-order valence-corrected chi connectivity index (χ0v) is 19.7. The summed E-state index contributed by atoms with van der Waals surface area (Å²) in [5.41, 5.74) is 1.95. The topological polar surface area (TPSA) is 40.5 Å². The molecule has 0 amide bonds. The van der Waals surface area contributed by atoms with Crippen molar-refractivity contribution in [3.63, 3.8) is 0 Å². The van der Waals surface area contributed by atoms with E-state index in [1.165, 1.54) is 44.9 Å². The number of rotatable bonds is 5. The largest absolute Gasteiger partial charge is 0.393 e. The third kappa shape index (κ3) is 3.86. The molecule has 0 radical (unpaired) electrons. The van der Waals surface area contributed by atoms with Crippen molar-refractivity contribution in [2.45, 2.75) is 117 Å². The van der Waals surface area contributed by atoms with Gasteiger partial charge in [0.05, 0.1) is 11.7 Å². The van der Waals surface area contributed by atoms with E-state index in [1.54, 1.807) is 5.57 Å². The van der Waals surface area contributed by atoms with Gasteiger partial charge in [0.25, 0.3) is 0 Å².